The van der Waals surface area contributed by atoms with Gasteiger partial charge in [0.1, 0.15) is 0 Å². The van der Waals surface area contributed by atoms with Gasteiger partial charge < -0.3 is 0 Å². The fourth-order valence-corrected chi connectivity index (χ4v) is 2.68. The van der Waals surface area contributed by atoms with Crippen molar-refractivity contribution in [1.29, 1.82) is 0 Å². The molecule has 2 aromatic rings. The summed E-state index contributed by atoms with van der Waals surface area (Å²) in [6, 6.07) is 15.5. The van der Waals surface area contributed by atoms with Crippen LogP contribution in [-0.2, 0) is 6.42 Å². The average Bonchev–Trinajstić information content (AvgIpc) is 2.50. The van der Waals surface area contributed by atoms with Crippen LogP contribution in [0.25, 0.3) is 10.8 Å². The lowest BCUT2D eigenvalue weighted by Gasteiger charge is -2.04. The molecule has 0 heteroatoms. The smallest absolute Gasteiger partial charge is 0.0181 e. The van der Waals surface area contributed by atoms with Gasteiger partial charge in [0.2, 0.25) is 0 Å². The third kappa shape index (κ3) is 4.85. The Morgan fingerprint density at radius 2 is 1.55 bits per heavy atom. The number of unbranched alkanes of at least 4 members (excludes halogenated alkanes) is 5. The van der Waals surface area contributed by atoms with Crippen molar-refractivity contribution in [3.05, 3.63) is 60.2 Å². The van der Waals surface area contributed by atoms with Crippen molar-refractivity contribution >= 4 is 10.8 Å². The van der Waals surface area contributed by atoms with E-state index < -0.39 is 0 Å². The lowest BCUT2D eigenvalue weighted by atomic mass is 10.0. The summed E-state index contributed by atoms with van der Waals surface area (Å²) in [5.41, 5.74) is 1.48. The molecule has 0 N–H and O–H groups in total. The number of hydrogen-bond acceptors (Lipinski definition) is 0. The van der Waals surface area contributed by atoms with Gasteiger partial charge >= 0.3 is 0 Å². The van der Waals surface area contributed by atoms with Gasteiger partial charge in [-0.1, -0.05) is 73.9 Å². The largest absolute Gasteiger partial charge is 0.0917 e. The molecule has 0 amide bonds. The molecule has 20 heavy (non-hydrogen) atoms. The highest BCUT2D eigenvalue weighted by molar-refractivity contribution is 5.82. The summed E-state index contributed by atoms with van der Waals surface area (Å²) in [6.45, 7) is 2.10. The lowest BCUT2D eigenvalue weighted by Crippen LogP contribution is -1.86. The number of allylic oxidation sites excluding steroid dienone is 2. The van der Waals surface area contributed by atoms with E-state index in [2.05, 4.69) is 61.5 Å². The zero-order valence-corrected chi connectivity index (χ0v) is 12.6. The summed E-state index contributed by atoms with van der Waals surface area (Å²) in [5, 5.41) is 2.72. The van der Waals surface area contributed by atoms with Crippen LogP contribution in [0.2, 0.25) is 0 Å². The molecule has 0 spiro atoms. The molecule has 106 valence electrons. The van der Waals surface area contributed by atoms with Gasteiger partial charge in [0, 0.05) is 0 Å². The molecule has 2 rings (SSSR count). The minimum atomic E-state index is 1.22. The highest BCUT2D eigenvalue weighted by Gasteiger charge is 1.97. The Kier molecular flexibility index (Phi) is 6.37. The molecule has 0 aromatic heterocycles. The van der Waals surface area contributed by atoms with Gasteiger partial charge in [0.25, 0.3) is 0 Å². The monoisotopic (exact) mass is 266 g/mol. The van der Waals surface area contributed by atoms with Crippen molar-refractivity contribution in [1.82, 2.24) is 0 Å². The van der Waals surface area contributed by atoms with Gasteiger partial charge in [-0.2, -0.15) is 0 Å². The molecule has 0 radical (unpaired) electrons. The molecule has 0 aliphatic heterocycles. The SMILES string of the molecule is C/C=C/CCCCCCCc1ccc2ccccc2c1. The van der Waals surface area contributed by atoms with Crippen LogP contribution < -0.4 is 0 Å². The Bertz CT molecular complexity index is 536. The first-order chi connectivity index (χ1) is 9.90. The quantitative estimate of drug-likeness (QED) is 0.388. The first-order valence-electron chi connectivity index (χ1n) is 7.99. The van der Waals surface area contributed by atoms with Crippen LogP contribution in [0.1, 0.15) is 51.0 Å². The first kappa shape index (κ1) is 14.8. The van der Waals surface area contributed by atoms with Crippen LogP contribution in [-0.4, -0.2) is 0 Å². The Labute approximate surface area is 123 Å². The number of fused-ring (bicyclic) bond motifs is 1. The normalized spacial score (nSPS) is 11.4. The maximum absolute atomic E-state index is 2.35. The average molecular weight is 266 g/mol. The lowest BCUT2D eigenvalue weighted by molar-refractivity contribution is 0.617. The van der Waals surface area contributed by atoms with Gasteiger partial charge in [-0.25, -0.2) is 0 Å². The first-order valence-corrected chi connectivity index (χ1v) is 7.99. The van der Waals surface area contributed by atoms with Crippen LogP contribution in [0.4, 0.5) is 0 Å². The summed E-state index contributed by atoms with van der Waals surface area (Å²) in [7, 11) is 0. The Morgan fingerprint density at radius 3 is 2.40 bits per heavy atom. The molecular formula is C20H26. The molecule has 0 bridgehead atoms. The van der Waals surface area contributed by atoms with E-state index in [0.717, 1.165) is 0 Å². The minimum absolute atomic E-state index is 1.22. The maximum atomic E-state index is 2.35. The molecule has 0 aliphatic carbocycles. The number of rotatable bonds is 8. The fourth-order valence-electron chi connectivity index (χ4n) is 2.68. The second-order valence-corrected chi connectivity index (χ2v) is 5.56. The van der Waals surface area contributed by atoms with Crippen molar-refractivity contribution < 1.29 is 0 Å². The Morgan fingerprint density at radius 1 is 0.800 bits per heavy atom. The second kappa shape index (κ2) is 8.58. The van der Waals surface area contributed by atoms with Crippen LogP contribution in [0.5, 0.6) is 0 Å². The van der Waals surface area contributed by atoms with Crippen molar-refractivity contribution in [2.75, 3.05) is 0 Å². The summed E-state index contributed by atoms with van der Waals surface area (Å²) in [5.74, 6) is 0. The maximum Gasteiger partial charge on any atom is -0.0181 e. The van der Waals surface area contributed by atoms with Crippen molar-refractivity contribution in [3.63, 3.8) is 0 Å². The van der Waals surface area contributed by atoms with Gasteiger partial charge in [0.05, 0.1) is 0 Å². The zero-order chi connectivity index (χ0) is 14.0. The van der Waals surface area contributed by atoms with Gasteiger partial charge in [0.15, 0.2) is 0 Å². The van der Waals surface area contributed by atoms with E-state index in [9.17, 15) is 0 Å². The standard InChI is InChI=1S/C20H26/c1-2-3-4-5-6-7-8-9-12-18-15-16-19-13-10-11-14-20(19)17-18/h2-3,10-11,13-17H,4-9,12H2,1H3/b3-2+. The van der Waals surface area contributed by atoms with Crippen molar-refractivity contribution in [2.45, 2.75) is 51.9 Å². The minimum Gasteiger partial charge on any atom is -0.0917 e. The Balaban J connectivity index is 1.68. The van der Waals surface area contributed by atoms with E-state index in [1.165, 1.54) is 61.3 Å². The molecule has 0 unspecified atom stereocenters. The van der Waals surface area contributed by atoms with E-state index >= 15 is 0 Å². The molecule has 2 aromatic carbocycles. The van der Waals surface area contributed by atoms with E-state index in [1.807, 2.05) is 0 Å². The van der Waals surface area contributed by atoms with Crippen LogP contribution in [0.3, 0.4) is 0 Å². The summed E-state index contributed by atoms with van der Waals surface area (Å²) < 4.78 is 0. The van der Waals surface area contributed by atoms with E-state index in [0.29, 0.717) is 0 Å². The van der Waals surface area contributed by atoms with E-state index in [4.69, 9.17) is 0 Å². The molecule has 0 saturated heterocycles. The van der Waals surface area contributed by atoms with Crippen LogP contribution >= 0.6 is 0 Å². The van der Waals surface area contributed by atoms with Gasteiger partial charge in [-0.3, -0.25) is 0 Å². The molecule has 0 atom stereocenters. The van der Waals surface area contributed by atoms with E-state index in [1.54, 1.807) is 0 Å². The number of aryl methyl sites for hydroxylation is 1. The molecular weight excluding hydrogens is 240 g/mol. The number of benzene rings is 2. The zero-order valence-electron chi connectivity index (χ0n) is 12.6. The van der Waals surface area contributed by atoms with E-state index in [-0.39, 0.29) is 0 Å². The summed E-state index contributed by atoms with van der Waals surface area (Å²) in [4.78, 5) is 0. The third-order valence-corrected chi connectivity index (χ3v) is 3.89. The molecule has 0 heterocycles. The highest BCUT2D eigenvalue weighted by Crippen LogP contribution is 2.17. The van der Waals surface area contributed by atoms with Gasteiger partial charge in [-0.05, 0) is 48.9 Å². The fraction of sp³-hybridized carbons (Fsp3) is 0.400. The van der Waals surface area contributed by atoms with Crippen molar-refractivity contribution in [3.8, 4) is 0 Å². The van der Waals surface area contributed by atoms with Gasteiger partial charge in [-0.15, -0.1) is 0 Å². The molecule has 0 nitrogen and oxygen atoms in total. The predicted octanol–water partition coefficient (Wildman–Crippen LogP) is 6.30. The molecule has 0 fully saturated rings. The third-order valence-electron chi connectivity index (χ3n) is 3.89. The van der Waals surface area contributed by atoms with Crippen LogP contribution in [0.15, 0.2) is 54.6 Å². The molecule has 0 aliphatic rings. The van der Waals surface area contributed by atoms with Crippen molar-refractivity contribution in [2.24, 2.45) is 0 Å². The second-order valence-electron chi connectivity index (χ2n) is 5.56. The molecule has 0 saturated carbocycles. The highest BCUT2D eigenvalue weighted by atomic mass is 14.0. The number of hydrogen-bond donors (Lipinski definition) is 0. The summed E-state index contributed by atoms with van der Waals surface area (Å²) >= 11 is 0. The topological polar surface area (TPSA) is 0 Å². The predicted molar refractivity (Wildman–Crippen MR) is 90.2 cm³/mol. The Hall–Kier alpha value is -1.56. The van der Waals surface area contributed by atoms with Crippen LogP contribution in [0, 0.1) is 0 Å². The summed E-state index contributed by atoms with van der Waals surface area (Å²) in [6.07, 6.45) is 13.7.